The summed E-state index contributed by atoms with van der Waals surface area (Å²) >= 11 is 0. The highest BCUT2D eigenvalue weighted by Crippen LogP contribution is 2.19. The van der Waals surface area contributed by atoms with Gasteiger partial charge in [-0.25, -0.2) is 0 Å². The van der Waals surface area contributed by atoms with Crippen LogP contribution in [0.2, 0.25) is 0 Å². The lowest BCUT2D eigenvalue weighted by Crippen LogP contribution is -2.16. The van der Waals surface area contributed by atoms with E-state index in [0.29, 0.717) is 5.56 Å². The number of benzene rings is 2. The molecule has 0 saturated heterocycles. The first kappa shape index (κ1) is 13.0. The first-order valence-electron chi connectivity index (χ1n) is 6.07. The molecular weight excluding hydrogens is 236 g/mol. The van der Waals surface area contributed by atoms with Gasteiger partial charge in [-0.15, -0.1) is 0 Å². The topological polar surface area (TPSA) is 36.3 Å². The molecule has 0 unspecified atom stereocenters. The van der Waals surface area contributed by atoms with E-state index in [1.54, 1.807) is 7.11 Å². The number of hydrogen-bond acceptors (Lipinski definition) is 3. The molecule has 2 rings (SSSR count). The molecule has 0 aliphatic carbocycles. The van der Waals surface area contributed by atoms with Crippen molar-refractivity contribution < 1.29 is 4.74 Å². The summed E-state index contributed by atoms with van der Waals surface area (Å²) in [4.78, 5) is 2.13. The van der Waals surface area contributed by atoms with Crippen molar-refractivity contribution in [3.8, 4) is 11.8 Å². The van der Waals surface area contributed by atoms with Crippen molar-refractivity contribution in [2.45, 2.75) is 6.54 Å². The fourth-order valence-electron chi connectivity index (χ4n) is 1.94. The van der Waals surface area contributed by atoms with E-state index >= 15 is 0 Å². The average molecular weight is 252 g/mol. The van der Waals surface area contributed by atoms with Crippen LogP contribution in [-0.2, 0) is 6.54 Å². The van der Waals surface area contributed by atoms with E-state index in [-0.39, 0.29) is 0 Å². The third kappa shape index (κ3) is 3.26. The zero-order chi connectivity index (χ0) is 13.7. The van der Waals surface area contributed by atoms with E-state index in [0.717, 1.165) is 23.5 Å². The lowest BCUT2D eigenvalue weighted by atomic mass is 10.1. The SMILES string of the molecule is COc1ccc(N(C)Cc2cccc(C#N)c2)cc1. The maximum absolute atomic E-state index is 8.89. The van der Waals surface area contributed by atoms with Crippen LogP contribution >= 0.6 is 0 Å². The predicted octanol–water partition coefficient (Wildman–Crippen LogP) is 3.20. The Hall–Kier alpha value is -2.47. The van der Waals surface area contributed by atoms with Crippen molar-refractivity contribution in [2.24, 2.45) is 0 Å². The lowest BCUT2D eigenvalue weighted by molar-refractivity contribution is 0.415. The van der Waals surface area contributed by atoms with Gasteiger partial charge >= 0.3 is 0 Å². The van der Waals surface area contributed by atoms with Gasteiger partial charge in [0, 0.05) is 19.3 Å². The predicted molar refractivity (Wildman–Crippen MR) is 76.3 cm³/mol. The van der Waals surface area contributed by atoms with Gasteiger partial charge in [0.2, 0.25) is 0 Å². The van der Waals surface area contributed by atoms with Crippen LogP contribution in [0.3, 0.4) is 0 Å². The van der Waals surface area contributed by atoms with Gasteiger partial charge in [0.15, 0.2) is 0 Å². The highest BCUT2D eigenvalue weighted by Gasteiger charge is 2.03. The Morgan fingerprint density at radius 1 is 1.16 bits per heavy atom. The number of methoxy groups -OCH3 is 1. The van der Waals surface area contributed by atoms with Crippen LogP contribution in [0.4, 0.5) is 5.69 Å². The maximum atomic E-state index is 8.89. The molecule has 0 N–H and O–H groups in total. The second-order valence-electron chi connectivity index (χ2n) is 4.37. The van der Waals surface area contributed by atoms with Gasteiger partial charge < -0.3 is 9.64 Å². The van der Waals surface area contributed by atoms with E-state index in [9.17, 15) is 0 Å². The summed E-state index contributed by atoms with van der Waals surface area (Å²) in [5.74, 6) is 0.851. The minimum atomic E-state index is 0.695. The summed E-state index contributed by atoms with van der Waals surface area (Å²) in [6.45, 7) is 0.766. The molecule has 0 amide bonds. The Morgan fingerprint density at radius 2 is 1.89 bits per heavy atom. The molecule has 3 nitrogen and oxygen atoms in total. The molecule has 0 spiro atoms. The summed E-state index contributed by atoms with van der Waals surface area (Å²) in [7, 11) is 3.69. The molecule has 0 aliphatic heterocycles. The van der Waals surface area contributed by atoms with E-state index in [2.05, 4.69) is 11.0 Å². The Labute approximate surface area is 113 Å². The minimum Gasteiger partial charge on any atom is -0.497 e. The van der Waals surface area contributed by atoms with E-state index in [1.165, 1.54) is 0 Å². The second-order valence-corrected chi connectivity index (χ2v) is 4.37. The highest BCUT2D eigenvalue weighted by atomic mass is 16.5. The molecule has 19 heavy (non-hydrogen) atoms. The highest BCUT2D eigenvalue weighted by molar-refractivity contribution is 5.49. The molecular formula is C16H16N2O. The van der Waals surface area contributed by atoms with Crippen LogP contribution in [0.5, 0.6) is 5.75 Å². The Kier molecular flexibility index (Phi) is 4.04. The van der Waals surface area contributed by atoms with Gasteiger partial charge in [-0.2, -0.15) is 5.26 Å². The number of nitrogens with zero attached hydrogens (tertiary/aromatic N) is 2. The van der Waals surface area contributed by atoms with Crippen LogP contribution < -0.4 is 9.64 Å². The van der Waals surface area contributed by atoms with Crippen LogP contribution in [0.1, 0.15) is 11.1 Å². The van der Waals surface area contributed by atoms with E-state index in [4.69, 9.17) is 10.00 Å². The summed E-state index contributed by atoms with van der Waals surface area (Å²) in [6.07, 6.45) is 0. The molecule has 0 saturated carbocycles. The van der Waals surface area contributed by atoms with E-state index < -0.39 is 0 Å². The first-order chi connectivity index (χ1) is 9.22. The first-order valence-corrected chi connectivity index (χ1v) is 6.07. The smallest absolute Gasteiger partial charge is 0.119 e. The van der Waals surface area contributed by atoms with Crippen molar-refractivity contribution >= 4 is 5.69 Å². The molecule has 96 valence electrons. The second kappa shape index (κ2) is 5.92. The standard InChI is InChI=1S/C16H16N2O/c1-18(15-6-8-16(19-2)9-7-15)12-14-5-3-4-13(10-14)11-17/h3-10H,12H2,1-2H3. The van der Waals surface area contributed by atoms with Crippen molar-refractivity contribution in [3.63, 3.8) is 0 Å². The summed E-state index contributed by atoms with van der Waals surface area (Å²) in [5.41, 5.74) is 2.93. The molecule has 0 atom stereocenters. The third-order valence-corrected chi connectivity index (χ3v) is 2.99. The van der Waals surface area contributed by atoms with Gasteiger partial charge in [-0.05, 0) is 42.0 Å². The fourth-order valence-corrected chi connectivity index (χ4v) is 1.94. The van der Waals surface area contributed by atoms with Crippen molar-refractivity contribution in [1.82, 2.24) is 0 Å². The van der Waals surface area contributed by atoms with Crippen LogP contribution in [-0.4, -0.2) is 14.2 Å². The minimum absolute atomic E-state index is 0.695. The largest absolute Gasteiger partial charge is 0.497 e. The maximum Gasteiger partial charge on any atom is 0.119 e. The normalized spacial score (nSPS) is 9.74. The molecule has 2 aromatic rings. The molecule has 0 radical (unpaired) electrons. The summed E-state index contributed by atoms with van der Waals surface area (Å²) in [6, 6.07) is 17.8. The average Bonchev–Trinajstić information content (AvgIpc) is 2.47. The summed E-state index contributed by atoms with van der Waals surface area (Å²) < 4.78 is 5.14. The molecule has 0 heterocycles. The lowest BCUT2D eigenvalue weighted by Gasteiger charge is -2.19. The van der Waals surface area contributed by atoms with E-state index in [1.807, 2.05) is 55.6 Å². The number of anilines is 1. The molecule has 0 aromatic heterocycles. The third-order valence-electron chi connectivity index (χ3n) is 2.99. The zero-order valence-corrected chi connectivity index (χ0v) is 11.1. The van der Waals surface area contributed by atoms with Crippen LogP contribution in [0.15, 0.2) is 48.5 Å². The Bertz CT molecular complexity index is 584. The van der Waals surface area contributed by atoms with Gasteiger partial charge in [-0.3, -0.25) is 0 Å². The molecule has 0 fully saturated rings. The number of hydrogen-bond donors (Lipinski definition) is 0. The summed E-state index contributed by atoms with van der Waals surface area (Å²) in [5, 5.41) is 8.89. The zero-order valence-electron chi connectivity index (χ0n) is 11.1. The van der Waals surface area contributed by atoms with Crippen molar-refractivity contribution in [2.75, 3.05) is 19.1 Å². The van der Waals surface area contributed by atoms with Crippen LogP contribution in [0.25, 0.3) is 0 Å². The molecule has 0 bridgehead atoms. The number of nitriles is 1. The molecule has 3 heteroatoms. The van der Waals surface area contributed by atoms with Gasteiger partial charge in [0.25, 0.3) is 0 Å². The molecule has 0 aliphatic rings. The van der Waals surface area contributed by atoms with Crippen molar-refractivity contribution in [1.29, 1.82) is 5.26 Å². The fraction of sp³-hybridized carbons (Fsp3) is 0.188. The Morgan fingerprint density at radius 3 is 2.53 bits per heavy atom. The van der Waals surface area contributed by atoms with Gasteiger partial charge in [0.05, 0.1) is 18.7 Å². The van der Waals surface area contributed by atoms with Crippen molar-refractivity contribution in [3.05, 3.63) is 59.7 Å². The quantitative estimate of drug-likeness (QED) is 0.838. The van der Waals surface area contributed by atoms with Gasteiger partial charge in [-0.1, -0.05) is 12.1 Å². The molecule has 2 aromatic carbocycles. The van der Waals surface area contributed by atoms with Crippen LogP contribution in [0, 0.1) is 11.3 Å². The van der Waals surface area contributed by atoms with Gasteiger partial charge in [0.1, 0.15) is 5.75 Å². The Balaban J connectivity index is 2.11. The number of rotatable bonds is 4. The number of ether oxygens (including phenoxy) is 1. The monoisotopic (exact) mass is 252 g/mol.